The maximum atomic E-state index is 11.5. The van der Waals surface area contributed by atoms with E-state index in [2.05, 4.69) is 5.32 Å². The molecule has 0 radical (unpaired) electrons. The van der Waals surface area contributed by atoms with Gasteiger partial charge < -0.3 is 15.2 Å². The average Bonchev–Trinajstić information content (AvgIpc) is 2.49. The zero-order valence-corrected chi connectivity index (χ0v) is 11.5. The monoisotopic (exact) mass is 294 g/mol. The first-order chi connectivity index (χ1) is 10.1. The molecule has 0 spiro atoms. The molecule has 0 saturated heterocycles. The summed E-state index contributed by atoms with van der Waals surface area (Å²) >= 11 is 0. The summed E-state index contributed by atoms with van der Waals surface area (Å²) in [6.07, 6.45) is 3.62. The molecule has 0 heterocycles. The molecule has 1 amide bonds. The van der Waals surface area contributed by atoms with E-state index in [1.54, 1.807) is 18.2 Å². The van der Waals surface area contributed by atoms with Gasteiger partial charge in [-0.1, -0.05) is 0 Å². The largest absolute Gasteiger partial charge is 0.394 e. The first-order valence-electron chi connectivity index (χ1n) is 6.52. The predicted molar refractivity (Wildman–Crippen MR) is 77.7 cm³/mol. The maximum Gasteiger partial charge on any atom is 0.269 e. The summed E-state index contributed by atoms with van der Waals surface area (Å²) in [5.74, 6) is -0.240. The molecule has 0 unspecified atom stereocenters. The third kappa shape index (κ3) is 7.19. The topological polar surface area (TPSA) is 102 Å². The van der Waals surface area contributed by atoms with Gasteiger partial charge in [-0.05, 0) is 30.2 Å². The number of non-ortho nitro benzene ring substituents is 1. The van der Waals surface area contributed by atoms with E-state index in [1.807, 2.05) is 0 Å². The van der Waals surface area contributed by atoms with Crippen molar-refractivity contribution in [1.82, 2.24) is 5.32 Å². The van der Waals surface area contributed by atoms with Gasteiger partial charge in [-0.2, -0.15) is 0 Å². The molecule has 0 fully saturated rings. The summed E-state index contributed by atoms with van der Waals surface area (Å²) in [6, 6.07) is 5.92. The molecule has 1 aromatic carbocycles. The van der Waals surface area contributed by atoms with Crippen molar-refractivity contribution in [2.24, 2.45) is 0 Å². The lowest BCUT2D eigenvalue weighted by Gasteiger charge is -2.03. The van der Waals surface area contributed by atoms with E-state index in [1.165, 1.54) is 18.2 Å². The van der Waals surface area contributed by atoms with Crippen LogP contribution in [0.5, 0.6) is 0 Å². The fraction of sp³-hybridized carbons (Fsp3) is 0.357. The Morgan fingerprint density at radius 2 is 2.05 bits per heavy atom. The number of aliphatic hydroxyl groups excluding tert-OH is 1. The summed E-state index contributed by atoms with van der Waals surface area (Å²) < 4.78 is 5.05. The van der Waals surface area contributed by atoms with E-state index in [4.69, 9.17) is 9.84 Å². The van der Waals surface area contributed by atoms with Gasteiger partial charge in [0.1, 0.15) is 0 Å². The predicted octanol–water partition coefficient (Wildman–Crippen LogP) is 1.12. The minimum Gasteiger partial charge on any atom is -0.394 e. The first-order valence-corrected chi connectivity index (χ1v) is 6.52. The summed E-state index contributed by atoms with van der Waals surface area (Å²) in [5, 5.41) is 21.7. The second-order valence-electron chi connectivity index (χ2n) is 4.16. The van der Waals surface area contributed by atoms with Gasteiger partial charge in [0.25, 0.3) is 5.69 Å². The Kier molecular flexibility index (Phi) is 7.70. The van der Waals surface area contributed by atoms with Gasteiger partial charge in [-0.3, -0.25) is 14.9 Å². The van der Waals surface area contributed by atoms with E-state index >= 15 is 0 Å². The summed E-state index contributed by atoms with van der Waals surface area (Å²) in [4.78, 5) is 21.5. The van der Waals surface area contributed by atoms with Crippen molar-refractivity contribution < 1.29 is 19.6 Å². The molecule has 0 aliphatic heterocycles. The number of carbonyl (C=O) groups excluding carboxylic acids is 1. The Morgan fingerprint density at radius 1 is 1.33 bits per heavy atom. The van der Waals surface area contributed by atoms with Crippen molar-refractivity contribution in [2.75, 3.05) is 26.4 Å². The lowest BCUT2D eigenvalue weighted by atomic mass is 10.2. The molecule has 2 N–H and O–H groups in total. The molecule has 0 bridgehead atoms. The minimum atomic E-state index is -0.473. The highest BCUT2D eigenvalue weighted by atomic mass is 16.6. The van der Waals surface area contributed by atoms with E-state index in [9.17, 15) is 14.9 Å². The minimum absolute atomic E-state index is 0.00959. The highest BCUT2D eigenvalue weighted by Gasteiger charge is 2.02. The van der Waals surface area contributed by atoms with Gasteiger partial charge in [0.2, 0.25) is 5.91 Å². The number of aliphatic hydroxyl groups is 1. The Balaban J connectivity index is 2.28. The lowest BCUT2D eigenvalue weighted by Crippen LogP contribution is -2.23. The molecular weight excluding hydrogens is 276 g/mol. The highest BCUT2D eigenvalue weighted by molar-refractivity contribution is 5.91. The number of nitro groups is 1. The smallest absolute Gasteiger partial charge is 0.269 e. The third-order valence-corrected chi connectivity index (χ3v) is 2.53. The molecule has 1 rings (SSSR count). The summed E-state index contributed by atoms with van der Waals surface area (Å²) in [7, 11) is 0. The number of hydrogen-bond donors (Lipinski definition) is 2. The Bertz CT molecular complexity index is 485. The van der Waals surface area contributed by atoms with Crippen LogP contribution in [0.2, 0.25) is 0 Å². The van der Waals surface area contributed by atoms with E-state index in [0.717, 1.165) is 0 Å². The Labute approximate surface area is 122 Å². The maximum absolute atomic E-state index is 11.5. The number of nitrogens with zero attached hydrogens (tertiary/aromatic N) is 1. The molecule has 0 aliphatic rings. The molecule has 0 aromatic heterocycles. The molecule has 1 aromatic rings. The van der Waals surface area contributed by atoms with Gasteiger partial charge in [-0.25, -0.2) is 0 Å². The van der Waals surface area contributed by atoms with Gasteiger partial charge in [0.15, 0.2) is 0 Å². The van der Waals surface area contributed by atoms with Crippen LogP contribution in [0.1, 0.15) is 12.0 Å². The van der Waals surface area contributed by atoms with Crippen molar-refractivity contribution in [3.8, 4) is 0 Å². The van der Waals surface area contributed by atoms with Crippen molar-refractivity contribution >= 4 is 17.7 Å². The third-order valence-electron chi connectivity index (χ3n) is 2.53. The number of nitro benzene ring substituents is 1. The van der Waals surface area contributed by atoms with Crippen LogP contribution in [0.4, 0.5) is 5.69 Å². The van der Waals surface area contributed by atoms with Crippen molar-refractivity contribution in [3.63, 3.8) is 0 Å². The number of benzene rings is 1. The van der Waals surface area contributed by atoms with Gasteiger partial charge in [0, 0.05) is 31.4 Å². The van der Waals surface area contributed by atoms with E-state index in [-0.39, 0.29) is 18.2 Å². The molecule has 7 heteroatoms. The second kappa shape index (κ2) is 9.62. The summed E-state index contributed by atoms with van der Waals surface area (Å²) in [5.41, 5.74) is 0.724. The van der Waals surface area contributed by atoms with Crippen LogP contribution in [0, 0.1) is 10.1 Å². The average molecular weight is 294 g/mol. The van der Waals surface area contributed by atoms with Gasteiger partial charge in [-0.15, -0.1) is 0 Å². The SMILES string of the molecule is O=C(/C=C/c1ccc([N+](=O)[O-])cc1)NCCCOCCO. The van der Waals surface area contributed by atoms with Crippen molar-refractivity contribution in [2.45, 2.75) is 6.42 Å². The number of ether oxygens (including phenoxy) is 1. The highest BCUT2D eigenvalue weighted by Crippen LogP contribution is 2.12. The molecule has 7 nitrogen and oxygen atoms in total. The van der Waals surface area contributed by atoms with Crippen LogP contribution in [0.15, 0.2) is 30.3 Å². The van der Waals surface area contributed by atoms with Crippen LogP contribution < -0.4 is 5.32 Å². The van der Waals surface area contributed by atoms with Crippen LogP contribution in [0.25, 0.3) is 6.08 Å². The first kappa shape index (κ1) is 16.8. The van der Waals surface area contributed by atoms with E-state index in [0.29, 0.717) is 31.7 Å². The van der Waals surface area contributed by atoms with Crippen molar-refractivity contribution in [3.05, 3.63) is 46.0 Å². The number of amides is 1. The zero-order valence-electron chi connectivity index (χ0n) is 11.5. The number of rotatable bonds is 9. The lowest BCUT2D eigenvalue weighted by molar-refractivity contribution is -0.384. The quantitative estimate of drug-likeness (QED) is 0.307. The van der Waals surface area contributed by atoms with Crippen molar-refractivity contribution in [1.29, 1.82) is 0 Å². The molecule has 114 valence electrons. The summed E-state index contributed by atoms with van der Waals surface area (Å²) in [6.45, 7) is 1.25. The van der Waals surface area contributed by atoms with E-state index < -0.39 is 4.92 Å². The Hall–Kier alpha value is -2.25. The van der Waals surface area contributed by atoms with Gasteiger partial charge in [0.05, 0.1) is 18.1 Å². The fourth-order valence-corrected chi connectivity index (χ4v) is 1.49. The molecule has 21 heavy (non-hydrogen) atoms. The van der Waals surface area contributed by atoms with Gasteiger partial charge >= 0.3 is 0 Å². The van der Waals surface area contributed by atoms with Crippen LogP contribution in [0.3, 0.4) is 0 Å². The molecule has 0 atom stereocenters. The number of carbonyl (C=O) groups is 1. The molecular formula is C14H18N2O5. The molecule has 0 saturated carbocycles. The molecule has 0 aliphatic carbocycles. The van der Waals surface area contributed by atoms with Crippen LogP contribution in [-0.4, -0.2) is 42.3 Å². The normalized spacial score (nSPS) is 10.7. The van der Waals surface area contributed by atoms with Crippen LogP contribution >= 0.6 is 0 Å². The Morgan fingerprint density at radius 3 is 2.67 bits per heavy atom. The fourth-order valence-electron chi connectivity index (χ4n) is 1.49. The zero-order chi connectivity index (χ0) is 15.5. The second-order valence-corrected chi connectivity index (χ2v) is 4.16. The number of hydrogen-bond acceptors (Lipinski definition) is 5. The number of nitrogens with one attached hydrogen (secondary N) is 1. The standard InChI is InChI=1S/C14H18N2O5/c17-9-11-21-10-1-8-15-14(18)7-4-12-2-5-13(6-3-12)16(19)20/h2-7,17H,1,8-11H2,(H,15,18)/b7-4+. The van der Waals surface area contributed by atoms with Crippen LogP contribution in [-0.2, 0) is 9.53 Å².